The summed E-state index contributed by atoms with van der Waals surface area (Å²) in [4.78, 5) is 11.5. The number of ether oxygens (including phenoxy) is 1. The number of nitrogens with one attached hydrogen (secondary N) is 2. The van der Waals surface area contributed by atoms with Gasteiger partial charge in [-0.05, 0) is 24.6 Å². The number of hydrogen-bond donors (Lipinski definition) is 3. The van der Waals surface area contributed by atoms with Crippen molar-refractivity contribution in [1.29, 1.82) is 0 Å². The minimum atomic E-state index is -0.320. The van der Waals surface area contributed by atoms with Gasteiger partial charge in [-0.1, -0.05) is 36.4 Å². The van der Waals surface area contributed by atoms with Gasteiger partial charge in [0.25, 0.3) is 0 Å². The molecule has 0 fully saturated rings. The fraction of sp³-hybridized carbons (Fsp3) is 0.235. The topological polar surface area (TPSA) is 70.6 Å². The molecule has 0 aromatic heterocycles. The normalized spacial score (nSPS) is 10.1. The van der Waals surface area contributed by atoms with E-state index in [0.29, 0.717) is 12.3 Å². The lowest BCUT2D eigenvalue weighted by Crippen LogP contribution is -2.36. The van der Waals surface area contributed by atoms with Crippen LogP contribution < -0.4 is 15.4 Å². The van der Waals surface area contributed by atoms with Gasteiger partial charge in [0.15, 0.2) is 0 Å². The fourth-order valence-corrected chi connectivity index (χ4v) is 1.95. The van der Waals surface area contributed by atoms with Crippen molar-refractivity contribution in [2.75, 3.05) is 13.2 Å². The third kappa shape index (κ3) is 4.49. The maximum atomic E-state index is 11.5. The molecule has 2 rings (SSSR count). The third-order valence-electron chi connectivity index (χ3n) is 3.12. The van der Waals surface area contributed by atoms with Crippen molar-refractivity contribution < 1.29 is 14.6 Å². The van der Waals surface area contributed by atoms with Crippen molar-refractivity contribution in [2.45, 2.75) is 13.5 Å². The van der Waals surface area contributed by atoms with Crippen LogP contribution in [0, 0.1) is 6.92 Å². The van der Waals surface area contributed by atoms with Crippen LogP contribution in [0.2, 0.25) is 0 Å². The summed E-state index contributed by atoms with van der Waals surface area (Å²) in [6, 6.07) is 15.0. The molecule has 0 aliphatic heterocycles. The van der Waals surface area contributed by atoms with Gasteiger partial charge in [-0.2, -0.15) is 0 Å². The highest BCUT2D eigenvalue weighted by Gasteiger charge is 2.07. The highest BCUT2D eigenvalue weighted by molar-refractivity contribution is 5.73. The van der Waals surface area contributed by atoms with Gasteiger partial charge in [-0.15, -0.1) is 0 Å². The van der Waals surface area contributed by atoms with Crippen LogP contribution >= 0.6 is 0 Å². The SMILES string of the molecule is Cc1ccccc1Oc1ccccc1CNC(=O)NCCO. The van der Waals surface area contributed by atoms with Crippen molar-refractivity contribution >= 4 is 6.03 Å². The number of aliphatic hydroxyl groups excluding tert-OH is 1. The molecule has 2 aromatic carbocycles. The van der Waals surface area contributed by atoms with E-state index < -0.39 is 0 Å². The zero-order valence-corrected chi connectivity index (χ0v) is 12.5. The molecule has 0 aliphatic carbocycles. The first-order chi connectivity index (χ1) is 10.7. The summed E-state index contributed by atoms with van der Waals surface area (Å²) < 4.78 is 5.94. The molecule has 116 valence electrons. The molecule has 2 amide bonds. The monoisotopic (exact) mass is 300 g/mol. The van der Waals surface area contributed by atoms with Crippen molar-refractivity contribution in [3.05, 3.63) is 59.7 Å². The first-order valence-electron chi connectivity index (χ1n) is 7.14. The number of urea groups is 1. The van der Waals surface area contributed by atoms with Gasteiger partial charge in [0, 0.05) is 18.7 Å². The minimum Gasteiger partial charge on any atom is -0.457 e. The first kappa shape index (κ1) is 15.9. The highest BCUT2D eigenvalue weighted by Crippen LogP contribution is 2.27. The molecule has 2 aromatic rings. The average Bonchev–Trinajstić information content (AvgIpc) is 2.54. The van der Waals surface area contributed by atoms with Crippen LogP contribution in [-0.2, 0) is 6.54 Å². The quantitative estimate of drug-likeness (QED) is 0.768. The summed E-state index contributed by atoms with van der Waals surface area (Å²) in [6.07, 6.45) is 0. The van der Waals surface area contributed by atoms with E-state index in [1.165, 1.54) is 0 Å². The molecule has 0 bridgehead atoms. The molecule has 5 nitrogen and oxygen atoms in total. The maximum Gasteiger partial charge on any atom is 0.315 e. The van der Waals surface area contributed by atoms with Crippen molar-refractivity contribution in [3.63, 3.8) is 0 Å². The lowest BCUT2D eigenvalue weighted by molar-refractivity contribution is 0.234. The predicted molar refractivity (Wildman–Crippen MR) is 85.0 cm³/mol. The molecule has 22 heavy (non-hydrogen) atoms. The number of amides is 2. The Labute approximate surface area is 129 Å². The van der Waals surface area contributed by atoms with E-state index >= 15 is 0 Å². The van der Waals surface area contributed by atoms with Crippen LogP contribution in [-0.4, -0.2) is 24.3 Å². The summed E-state index contributed by atoms with van der Waals surface area (Å²) in [7, 11) is 0. The molecule has 0 radical (unpaired) electrons. The number of benzene rings is 2. The lowest BCUT2D eigenvalue weighted by Gasteiger charge is -2.13. The van der Waals surface area contributed by atoms with E-state index in [-0.39, 0.29) is 19.2 Å². The van der Waals surface area contributed by atoms with Crippen LogP contribution in [0.4, 0.5) is 4.79 Å². The smallest absolute Gasteiger partial charge is 0.315 e. The fourth-order valence-electron chi connectivity index (χ4n) is 1.95. The van der Waals surface area contributed by atoms with Crippen LogP contribution in [0.15, 0.2) is 48.5 Å². The zero-order valence-electron chi connectivity index (χ0n) is 12.5. The molecule has 0 unspecified atom stereocenters. The second-order valence-electron chi connectivity index (χ2n) is 4.81. The number of aliphatic hydroxyl groups is 1. The standard InChI is InChI=1S/C17H20N2O3/c1-13-6-2-4-8-15(13)22-16-9-5-3-7-14(16)12-19-17(21)18-10-11-20/h2-9,20H,10-12H2,1H3,(H2,18,19,21). The summed E-state index contributed by atoms with van der Waals surface area (Å²) >= 11 is 0. The van der Waals surface area contributed by atoms with E-state index in [9.17, 15) is 4.79 Å². The van der Waals surface area contributed by atoms with Gasteiger partial charge >= 0.3 is 6.03 Å². The van der Waals surface area contributed by atoms with E-state index in [0.717, 1.165) is 16.9 Å². The van der Waals surface area contributed by atoms with Gasteiger partial charge in [-0.3, -0.25) is 0 Å². The van der Waals surface area contributed by atoms with Gasteiger partial charge in [0.2, 0.25) is 0 Å². The Balaban J connectivity index is 2.04. The Bertz CT molecular complexity index is 629. The number of hydrogen-bond acceptors (Lipinski definition) is 3. The Kier molecular flexibility index (Phi) is 5.80. The van der Waals surface area contributed by atoms with Gasteiger partial charge in [0.05, 0.1) is 6.61 Å². The zero-order chi connectivity index (χ0) is 15.8. The summed E-state index contributed by atoms with van der Waals surface area (Å²) in [5.74, 6) is 1.50. The second-order valence-corrected chi connectivity index (χ2v) is 4.81. The average molecular weight is 300 g/mol. The first-order valence-corrected chi connectivity index (χ1v) is 7.14. The summed E-state index contributed by atoms with van der Waals surface area (Å²) in [6.45, 7) is 2.48. The van der Waals surface area contributed by atoms with Crippen LogP contribution in [0.3, 0.4) is 0 Å². The molecule has 0 spiro atoms. The number of carbonyl (C=O) groups is 1. The van der Waals surface area contributed by atoms with Crippen LogP contribution in [0.5, 0.6) is 11.5 Å². The van der Waals surface area contributed by atoms with E-state index in [1.54, 1.807) is 0 Å². The molecule has 3 N–H and O–H groups in total. The van der Waals surface area contributed by atoms with Crippen molar-refractivity contribution in [2.24, 2.45) is 0 Å². The lowest BCUT2D eigenvalue weighted by atomic mass is 10.2. The van der Waals surface area contributed by atoms with Gasteiger partial charge < -0.3 is 20.5 Å². The molecule has 0 saturated carbocycles. The number of aryl methyl sites for hydroxylation is 1. The minimum absolute atomic E-state index is 0.0829. The van der Waals surface area contributed by atoms with E-state index in [2.05, 4.69) is 10.6 Å². The second kappa shape index (κ2) is 8.05. The third-order valence-corrected chi connectivity index (χ3v) is 3.12. The number of rotatable bonds is 6. The predicted octanol–water partition coefficient (Wildman–Crippen LogP) is 2.58. The Morgan fingerprint density at radius 2 is 1.73 bits per heavy atom. The van der Waals surface area contributed by atoms with Crippen molar-refractivity contribution in [1.82, 2.24) is 10.6 Å². The van der Waals surface area contributed by atoms with Crippen molar-refractivity contribution in [3.8, 4) is 11.5 Å². The van der Waals surface area contributed by atoms with Crippen LogP contribution in [0.1, 0.15) is 11.1 Å². The Morgan fingerprint density at radius 1 is 1.05 bits per heavy atom. The Hall–Kier alpha value is -2.53. The van der Waals surface area contributed by atoms with E-state index in [4.69, 9.17) is 9.84 Å². The summed E-state index contributed by atoms with van der Waals surface area (Å²) in [5.41, 5.74) is 1.93. The summed E-state index contributed by atoms with van der Waals surface area (Å²) in [5, 5.41) is 13.9. The largest absolute Gasteiger partial charge is 0.457 e. The molecule has 0 saturated heterocycles. The molecular weight excluding hydrogens is 280 g/mol. The number of para-hydroxylation sites is 2. The molecular formula is C17H20N2O3. The highest BCUT2D eigenvalue weighted by atomic mass is 16.5. The molecule has 0 aliphatic rings. The molecule has 0 heterocycles. The number of carbonyl (C=O) groups excluding carboxylic acids is 1. The van der Waals surface area contributed by atoms with E-state index in [1.807, 2.05) is 55.5 Å². The van der Waals surface area contributed by atoms with Gasteiger partial charge in [-0.25, -0.2) is 4.79 Å². The van der Waals surface area contributed by atoms with Crippen LogP contribution in [0.25, 0.3) is 0 Å². The maximum absolute atomic E-state index is 11.5. The van der Waals surface area contributed by atoms with Gasteiger partial charge in [0.1, 0.15) is 11.5 Å². The Morgan fingerprint density at radius 3 is 2.45 bits per heavy atom. The molecule has 5 heteroatoms. The molecule has 0 atom stereocenters.